The van der Waals surface area contributed by atoms with Crippen molar-refractivity contribution in [2.24, 2.45) is 5.92 Å². The molecule has 1 saturated heterocycles. The van der Waals surface area contributed by atoms with Gasteiger partial charge in [-0.05, 0) is 56.7 Å². The normalized spacial score (nSPS) is 14.7. The molecule has 2 rings (SSSR count). The summed E-state index contributed by atoms with van der Waals surface area (Å²) < 4.78 is 10.9. The Labute approximate surface area is 174 Å². The summed E-state index contributed by atoms with van der Waals surface area (Å²) in [5, 5.41) is 3.13. The lowest BCUT2D eigenvalue weighted by atomic mass is 9.98. The first kappa shape index (κ1) is 23.0. The molecule has 1 aromatic carbocycles. The van der Waals surface area contributed by atoms with Gasteiger partial charge in [-0.3, -0.25) is 9.59 Å². The zero-order valence-corrected chi connectivity index (χ0v) is 18.3. The summed E-state index contributed by atoms with van der Waals surface area (Å²) in [7, 11) is 1.62. The zero-order valence-electron chi connectivity index (χ0n) is 18.3. The number of aryl methyl sites for hydroxylation is 1. The van der Waals surface area contributed by atoms with Crippen LogP contribution in [0.4, 0.5) is 0 Å². The van der Waals surface area contributed by atoms with Gasteiger partial charge in [0.05, 0.1) is 13.7 Å². The molecular weight excluding hydrogens is 368 g/mol. The van der Waals surface area contributed by atoms with Crippen LogP contribution in [0.3, 0.4) is 0 Å². The van der Waals surface area contributed by atoms with Gasteiger partial charge in [0.25, 0.3) is 0 Å². The van der Waals surface area contributed by atoms with Crippen molar-refractivity contribution in [3.05, 3.63) is 23.8 Å². The van der Waals surface area contributed by atoms with Gasteiger partial charge in [-0.15, -0.1) is 0 Å². The topological polar surface area (TPSA) is 67.9 Å². The summed E-state index contributed by atoms with van der Waals surface area (Å²) in [6, 6.07) is 5.95. The van der Waals surface area contributed by atoms with E-state index < -0.39 is 0 Å². The van der Waals surface area contributed by atoms with Crippen LogP contribution in [0.1, 0.15) is 58.4 Å². The Morgan fingerprint density at radius 1 is 1.14 bits per heavy atom. The first-order valence-electron chi connectivity index (χ1n) is 10.9. The van der Waals surface area contributed by atoms with E-state index in [9.17, 15) is 9.59 Å². The number of benzene rings is 1. The van der Waals surface area contributed by atoms with E-state index in [0.29, 0.717) is 25.2 Å². The molecule has 6 nitrogen and oxygen atoms in total. The van der Waals surface area contributed by atoms with Crippen LogP contribution in [0.2, 0.25) is 0 Å². The second-order valence-electron chi connectivity index (χ2n) is 7.60. The molecule has 6 heteroatoms. The van der Waals surface area contributed by atoms with Crippen LogP contribution in [0.25, 0.3) is 0 Å². The number of rotatable bonds is 10. The Morgan fingerprint density at radius 2 is 1.83 bits per heavy atom. The van der Waals surface area contributed by atoms with Gasteiger partial charge in [-0.25, -0.2) is 0 Å². The van der Waals surface area contributed by atoms with E-state index in [4.69, 9.17) is 9.47 Å². The molecule has 29 heavy (non-hydrogen) atoms. The molecule has 0 aromatic heterocycles. The highest BCUT2D eigenvalue weighted by atomic mass is 16.5. The lowest BCUT2D eigenvalue weighted by molar-refractivity contribution is -0.137. The molecule has 0 unspecified atom stereocenters. The SMILES string of the molecule is CCOc1ccc(CCC(=O)NC2CCN(C(=O)C(CC)CC)CC2)cc1OC. The molecule has 2 amide bonds. The van der Waals surface area contributed by atoms with Gasteiger partial charge in [0.1, 0.15) is 0 Å². The number of hydrogen-bond acceptors (Lipinski definition) is 4. The Kier molecular flexibility index (Phi) is 9.29. The third-order valence-corrected chi connectivity index (χ3v) is 5.68. The van der Waals surface area contributed by atoms with Crippen molar-refractivity contribution in [1.82, 2.24) is 10.2 Å². The zero-order chi connectivity index (χ0) is 21.2. The second kappa shape index (κ2) is 11.7. The quantitative estimate of drug-likeness (QED) is 0.647. The lowest BCUT2D eigenvalue weighted by Crippen LogP contribution is -2.48. The number of nitrogens with one attached hydrogen (secondary N) is 1. The molecule has 1 heterocycles. The van der Waals surface area contributed by atoms with Crippen molar-refractivity contribution >= 4 is 11.8 Å². The molecule has 0 bridgehead atoms. The summed E-state index contributed by atoms with van der Waals surface area (Å²) in [6.45, 7) is 8.12. The fourth-order valence-corrected chi connectivity index (χ4v) is 3.84. The molecular formula is C23H36N2O4. The average Bonchev–Trinajstić information content (AvgIpc) is 2.74. The lowest BCUT2D eigenvalue weighted by Gasteiger charge is -2.34. The molecule has 1 aromatic rings. The predicted octanol–water partition coefficient (Wildman–Crippen LogP) is 3.57. The maximum absolute atomic E-state index is 12.5. The number of amides is 2. The summed E-state index contributed by atoms with van der Waals surface area (Å²) in [5.41, 5.74) is 1.05. The molecule has 0 saturated carbocycles. The first-order valence-corrected chi connectivity index (χ1v) is 10.9. The molecule has 1 aliphatic heterocycles. The van der Waals surface area contributed by atoms with Gasteiger partial charge in [0.2, 0.25) is 11.8 Å². The number of ether oxygens (including phenoxy) is 2. The van der Waals surface area contributed by atoms with E-state index in [-0.39, 0.29) is 23.8 Å². The molecule has 162 valence electrons. The summed E-state index contributed by atoms with van der Waals surface area (Å²) in [5.74, 6) is 1.87. The number of likely N-dealkylation sites (tertiary alicyclic amines) is 1. The van der Waals surface area contributed by atoms with Gasteiger partial charge < -0.3 is 19.7 Å². The molecule has 0 spiro atoms. The van der Waals surface area contributed by atoms with Crippen molar-refractivity contribution in [2.45, 2.75) is 65.3 Å². The van der Waals surface area contributed by atoms with Crippen molar-refractivity contribution in [3.8, 4) is 11.5 Å². The fraction of sp³-hybridized carbons (Fsp3) is 0.652. The van der Waals surface area contributed by atoms with Crippen LogP contribution < -0.4 is 14.8 Å². The van der Waals surface area contributed by atoms with Crippen LogP contribution in [0.5, 0.6) is 11.5 Å². The van der Waals surface area contributed by atoms with Crippen molar-refractivity contribution < 1.29 is 19.1 Å². The molecule has 0 aliphatic carbocycles. The van der Waals surface area contributed by atoms with Gasteiger partial charge in [0, 0.05) is 31.5 Å². The summed E-state index contributed by atoms with van der Waals surface area (Å²) in [4.78, 5) is 26.8. The van der Waals surface area contributed by atoms with Crippen LogP contribution in [-0.4, -0.2) is 49.6 Å². The van der Waals surface area contributed by atoms with Crippen LogP contribution in [0.15, 0.2) is 18.2 Å². The maximum atomic E-state index is 12.5. The Hall–Kier alpha value is -2.24. The van der Waals surface area contributed by atoms with Crippen LogP contribution in [-0.2, 0) is 16.0 Å². The van der Waals surface area contributed by atoms with Gasteiger partial charge in [-0.1, -0.05) is 19.9 Å². The highest BCUT2D eigenvalue weighted by Crippen LogP contribution is 2.28. The smallest absolute Gasteiger partial charge is 0.225 e. The van der Waals surface area contributed by atoms with E-state index in [1.54, 1.807) is 7.11 Å². The minimum absolute atomic E-state index is 0.0580. The van der Waals surface area contributed by atoms with E-state index in [1.807, 2.05) is 30.0 Å². The minimum Gasteiger partial charge on any atom is -0.493 e. The average molecular weight is 405 g/mol. The number of carbonyl (C=O) groups excluding carboxylic acids is 2. The summed E-state index contributed by atoms with van der Waals surface area (Å²) >= 11 is 0. The van der Waals surface area contributed by atoms with Gasteiger partial charge >= 0.3 is 0 Å². The molecule has 1 aliphatic rings. The minimum atomic E-state index is 0.0580. The summed E-state index contributed by atoms with van der Waals surface area (Å²) in [6.07, 6.45) is 4.53. The van der Waals surface area contributed by atoms with E-state index in [2.05, 4.69) is 19.2 Å². The first-order chi connectivity index (χ1) is 14.0. The molecule has 1 N–H and O–H groups in total. The van der Waals surface area contributed by atoms with E-state index in [1.165, 1.54) is 0 Å². The highest BCUT2D eigenvalue weighted by molar-refractivity contribution is 5.79. The van der Waals surface area contributed by atoms with Gasteiger partial charge in [0.15, 0.2) is 11.5 Å². The number of methoxy groups -OCH3 is 1. The van der Waals surface area contributed by atoms with Crippen LogP contribution in [0, 0.1) is 5.92 Å². The third-order valence-electron chi connectivity index (χ3n) is 5.68. The standard InChI is InChI=1S/C23H36N2O4/c1-5-18(6-2)23(27)25-14-12-19(13-15-25)24-22(26)11-9-17-8-10-20(29-7-3)21(16-17)28-4/h8,10,16,18-19H,5-7,9,11-15H2,1-4H3,(H,24,26). The molecule has 1 fully saturated rings. The monoisotopic (exact) mass is 404 g/mol. The number of carbonyl (C=O) groups is 2. The fourth-order valence-electron chi connectivity index (χ4n) is 3.84. The van der Waals surface area contributed by atoms with Crippen molar-refractivity contribution in [1.29, 1.82) is 0 Å². The molecule has 0 atom stereocenters. The third kappa shape index (κ3) is 6.65. The Balaban J connectivity index is 1.77. The Morgan fingerprint density at radius 3 is 2.41 bits per heavy atom. The maximum Gasteiger partial charge on any atom is 0.225 e. The van der Waals surface area contributed by atoms with E-state index in [0.717, 1.165) is 50.1 Å². The van der Waals surface area contributed by atoms with Crippen LogP contribution >= 0.6 is 0 Å². The van der Waals surface area contributed by atoms with E-state index >= 15 is 0 Å². The number of nitrogens with zero attached hydrogens (tertiary/aromatic N) is 1. The van der Waals surface area contributed by atoms with Gasteiger partial charge in [-0.2, -0.15) is 0 Å². The predicted molar refractivity (Wildman–Crippen MR) is 114 cm³/mol. The number of piperidine rings is 1. The van der Waals surface area contributed by atoms with Crippen molar-refractivity contribution in [3.63, 3.8) is 0 Å². The Bertz CT molecular complexity index is 665. The molecule has 0 radical (unpaired) electrons. The largest absolute Gasteiger partial charge is 0.493 e. The second-order valence-corrected chi connectivity index (χ2v) is 7.60. The highest BCUT2D eigenvalue weighted by Gasteiger charge is 2.27. The van der Waals surface area contributed by atoms with Crippen molar-refractivity contribution in [2.75, 3.05) is 26.8 Å². The number of hydrogen-bond donors (Lipinski definition) is 1.